The molecule has 98 valence electrons. The molecule has 0 aliphatic carbocycles. The van der Waals surface area contributed by atoms with Crippen molar-refractivity contribution in [3.05, 3.63) is 29.3 Å². The van der Waals surface area contributed by atoms with Gasteiger partial charge in [-0.25, -0.2) is 0 Å². The first kappa shape index (κ1) is 13.2. The van der Waals surface area contributed by atoms with Crippen LogP contribution in [0, 0.1) is 5.92 Å². The number of ether oxygens (including phenoxy) is 1. The Labute approximate surface area is 111 Å². The SMILES string of the molecule is O=C(COc1cccc(Cl)c1)N1CCC(CO)C1. The molecular formula is C13H16ClNO3. The fraction of sp³-hybridized carbons (Fsp3) is 0.462. The molecule has 0 bridgehead atoms. The molecule has 1 heterocycles. The molecule has 1 saturated heterocycles. The van der Waals surface area contributed by atoms with E-state index in [0.29, 0.717) is 23.9 Å². The van der Waals surface area contributed by atoms with Gasteiger partial charge in [-0.3, -0.25) is 4.79 Å². The van der Waals surface area contributed by atoms with Crippen LogP contribution in [-0.4, -0.2) is 42.2 Å². The highest BCUT2D eigenvalue weighted by atomic mass is 35.5. The van der Waals surface area contributed by atoms with Gasteiger partial charge in [-0.1, -0.05) is 17.7 Å². The van der Waals surface area contributed by atoms with E-state index in [9.17, 15) is 4.79 Å². The summed E-state index contributed by atoms with van der Waals surface area (Å²) >= 11 is 5.82. The Bertz CT molecular complexity index is 424. The maximum atomic E-state index is 11.9. The topological polar surface area (TPSA) is 49.8 Å². The molecule has 1 fully saturated rings. The number of likely N-dealkylation sites (tertiary alicyclic amines) is 1. The summed E-state index contributed by atoms with van der Waals surface area (Å²) in [6, 6.07) is 6.97. The van der Waals surface area contributed by atoms with Gasteiger partial charge in [0, 0.05) is 30.6 Å². The summed E-state index contributed by atoms with van der Waals surface area (Å²) in [5.41, 5.74) is 0. The van der Waals surface area contributed by atoms with Crippen molar-refractivity contribution in [2.75, 3.05) is 26.3 Å². The third-order valence-corrected chi connectivity index (χ3v) is 3.29. The normalized spacial score (nSPS) is 19.0. The number of aliphatic hydroxyl groups excluding tert-OH is 1. The second kappa shape index (κ2) is 6.07. The lowest BCUT2D eigenvalue weighted by Crippen LogP contribution is -2.33. The van der Waals surface area contributed by atoms with Crippen molar-refractivity contribution in [1.29, 1.82) is 0 Å². The molecule has 1 aromatic rings. The molecule has 4 nitrogen and oxygen atoms in total. The molecule has 1 aliphatic rings. The number of amides is 1. The number of hydrogen-bond acceptors (Lipinski definition) is 3. The zero-order valence-corrected chi connectivity index (χ0v) is 10.8. The smallest absolute Gasteiger partial charge is 0.260 e. The van der Waals surface area contributed by atoms with Crippen LogP contribution in [0.15, 0.2) is 24.3 Å². The molecular weight excluding hydrogens is 254 g/mol. The van der Waals surface area contributed by atoms with E-state index in [-0.39, 0.29) is 25.0 Å². The molecule has 1 unspecified atom stereocenters. The number of benzene rings is 1. The van der Waals surface area contributed by atoms with Crippen molar-refractivity contribution < 1.29 is 14.6 Å². The Morgan fingerprint density at radius 3 is 3.06 bits per heavy atom. The molecule has 1 aliphatic heterocycles. The van der Waals surface area contributed by atoms with Crippen LogP contribution in [0.2, 0.25) is 5.02 Å². The average Bonchev–Trinajstić information content (AvgIpc) is 2.85. The number of nitrogens with zero attached hydrogens (tertiary/aromatic N) is 1. The van der Waals surface area contributed by atoms with Gasteiger partial charge >= 0.3 is 0 Å². The van der Waals surface area contributed by atoms with Crippen LogP contribution in [0.5, 0.6) is 5.75 Å². The van der Waals surface area contributed by atoms with Gasteiger partial charge in [-0.15, -0.1) is 0 Å². The summed E-state index contributed by atoms with van der Waals surface area (Å²) < 4.78 is 5.39. The fourth-order valence-corrected chi connectivity index (χ4v) is 2.18. The van der Waals surface area contributed by atoms with E-state index in [1.807, 2.05) is 0 Å². The van der Waals surface area contributed by atoms with Crippen molar-refractivity contribution in [3.8, 4) is 5.75 Å². The molecule has 0 saturated carbocycles. The molecule has 1 N–H and O–H groups in total. The van der Waals surface area contributed by atoms with Crippen molar-refractivity contribution >= 4 is 17.5 Å². The minimum Gasteiger partial charge on any atom is -0.484 e. The maximum absolute atomic E-state index is 11.9. The fourth-order valence-electron chi connectivity index (χ4n) is 2.00. The lowest BCUT2D eigenvalue weighted by molar-refractivity contribution is -0.132. The monoisotopic (exact) mass is 269 g/mol. The second-order valence-corrected chi connectivity index (χ2v) is 4.86. The van der Waals surface area contributed by atoms with E-state index in [1.54, 1.807) is 29.2 Å². The quantitative estimate of drug-likeness (QED) is 0.902. The van der Waals surface area contributed by atoms with Crippen molar-refractivity contribution in [2.24, 2.45) is 5.92 Å². The van der Waals surface area contributed by atoms with Crippen LogP contribution in [-0.2, 0) is 4.79 Å². The predicted octanol–water partition coefficient (Wildman–Crippen LogP) is 1.56. The first-order valence-electron chi connectivity index (χ1n) is 5.96. The zero-order valence-electron chi connectivity index (χ0n) is 10.0. The zero-order chi connectivity index (χ0) is 13.0. The number of aliphatic hydroxyl groups is 1. The molecule has 0 aromatic heterocycles. The number of hydrogen-bond donors (Lipinski definition) is 1. The molecule has 1 amide bonds. The Hall–Kier alpha value is -1.26. The summed E-state index contributed by atoms with van der Waals surface area (Å²) in [6.07, 6.45) is 0.861. The summed E-state index contributed by atoms with van der Waals surface area (Å²) in [4.78, 5) is 13.6. The summed E-state index contributed by atoms with van der Waals surface area (Å²) in [5, 5.41) is 9.60. The van der Waals surface area contributed by atoms with Crippen LogP contribution >= 0.6 is 11.6 Å². The van der Waals surface area contributed by atoms with Crippen molar-refractivity contribution in [2.45, 2.75) is 6.42 Å². The number of carbonyl (C=O) groups excluding carboxylic acids is 1. The predicted molar refractivity (Wildman–Crippen MR) is 68.7 cm³/mol. The maximum Gasteiger partial charge on any atom is 0.260 e. The Kier molecular flexibility index (Phi) is 4.44. The molecule has 5 heteroatoms. The number of halogens is 1. The number of carbonyl (C=O) groups is 1. The highest BCUT2D eigenvalue weighted by molar-refractivity contribution is 6.30. The van der Waals surface area contributed by atoms with Crippen molar-refractivity contribution in [3.63, 3.8) is 0 Å². The van der Waals surface area contributed by atoms with Crippen LogP contribution in [0.3, 0.4) is 0 Å². The van der Waals surface area contributed by atoms with E-state index in [0.717, 1.165) is 6.42 Å². The second-order valence-electron chi connectivity index (χ2n) is 4.42. The van der Waals surface area contributed by atoms with Gasteiger partial charge in [0.2, 0.25) is 0 Å². The van der Waals surface area contributed by atoms with Gasteiger partial charge in [0.05, 0.1) is 0 Å². The molecule has 2 rings (SSSR count). The summed E-state index contributed by atoms with van der Waals surface area (Å²) in [6.45, 7) is 1.47. The van der Waals surface area contributed by atoms with Gasteiger partial charge < -0.3 is 14.7 Å². The Morgan fingerprint density at radius 1 is 1.56 bits per heavy atom. The van der Waals surface area contributed by atoms with Crippen LogP contribution < -0.4 is 4.74 Å². The summed E-state index contributed by atoms with van der Waals surface area (Å²) in [5.74, 6) is 0.750. The van der Waals surface area contributed by atoms with Gasteiger partial charge in [0.15, 0.2) is 6.61 Å². The standard InChI is InChI=1S/C13H16ClNO3/c14-11-2-1-3-12(6-11)18-9-13(17)15-5-4-10(7-15)8-16/h1-3,6,10,16H,4-5,7-9H2. The van der Waals surface area contributed by atoms with Gasteiger partial charge in [0.25, 0.3) is 5.91 Å². The Balaban J connectivity index is 1.82. The number of rotatable bonds is 4. The first-order valence-corrected chi connectivity index (χ1v) is 6.34. The largest absolute Gasteiger partial charge is 0.484 e. The third-order valence-electron chi connectivity index (χ3n) is 3.06. The summed E-state index contributed by atoms with van der Waals surface area (Å²) in [7, 11) is 0. The van der Waals surface area contributed by atoms with Gasteiger partial charge in [-0.05, 0) is 24.6 Å². The van der Waals surface area contributed by atoms with Crippen LogP contribution in [0.4, 0.5) is 0 Å². The average molecular weight is 270 g/mol. The molecule has 0 radical (unpaired) electrons. The lowest BCUT2D eigenvalue weighted by Gasteiger charge is -2.16. The lowest BCUT2D eigenvalue weighted by atomic mass is 10.1. The van der Waals surface area contributed by atoms with E-state index in [2.05, 4.69) is 0 Å². The van der Waals surface area contributed by atoms with E-state index < -0.39 is 0 Å². The molecule has 1 atom stereocenters. The van der Waals surface area contributed by atoms with E-state index in [4.69, 9.17) is 21.4 Å². The third kappa shape index (κ3) is 3.37. The highest BCUT2D eigenvalue weighted by Crippen LogP contribution is 2.18. The minimum atomic E-state index is -0.0501. The van der Waals surface area contributed by atoms with Crippen LogP contribution in [0.25, 0.3) is 0 Å². The van der Waals surface area contributed by atoms with Crippen molar-refractivity contribution in [1.82, 2.24) is 4.90 Å². The van der Waals surface area contributed by atoms with E-state index in [1.165, 1.54) is 0 Å². The highest BCUT2D eigenvalue weighted by Gasteiger charge is 2.25. The first-order chi connectivity index (χ1) is 8.69. The molecule has 0 spiro atoms. The van der Waals surface area contributed by atoms with Gasteiger partial charge in [0.1, 0.15) is 5.75 Å². The minimum absolute atomic E-state index is 0.0124. The molecule has 1 aromatic carbocycles. The van der Waals surface area contributed by atoms with E-state index >= 15 is 0 Å². The van der Waals surface area contributed by atoms with Gasteiger partial charge in [-0.2, -0.15) is 0 Å². The Morgan fingerprint density at radius 2 is 2.39 bits per heavy atom. The molecule has 18 heavy (non-hydrogen) atoms. The van der Waals surface area contributed by atoms with Crippen LogP contribution in [0.1, 0.15) is 6.42 Å².